The largest absolute Gasteiger partial charge is 0.493 e. The number of nitrogens with zero attached hydrogens (tertiary/aromatic N) is 3. The number of carbonyl (C=O) groups is 2. The Morgan fingerprint density at radius 1 is 0.929 bits per heavy atom. The topological polar surface area (TPSA) is 74.4 Å². The number of rotatable bonds is 8. The Morgan fingerprint density at radius 3 is 2.38 bits per heavy atom. The first kappa shape index (κ1) is 28.0. The van der Waals surface area contributed by atoms with Crippen LogP contribution in [0.4, 0.5) is 10.1 Å². The molecule has 0 radical (unpaired) electrons. The minimum absolute atomic E-state index is 0.0418. The highest BCUT2D eigenvalue weighted by atomic mass is 19.1. The summed E-state index contributed by atoms with van der Waals surface area (Å²) in [6, 6.07) is 17.6. The van der Waals surface area contributed by atoms with E-state index >= 15 is 0 Å². The molecule has 3 aliphatic heterocycles. The molecule has 0 bridgehead atoms. The molecule has 3 heterocycles. The highest BCUT2D eigenvalue weighted by Gasteiger charge is 2.46. The van der Waals surface area contributed by atoms with Gasteiger partial charge in [0.05, 0.1) is 26.2 Å². The highest BCUT2D eigenvalue weighted by Crippen LogP contribution is 2.48. The molecule has 9 heteroatoms. The maximum absolute atomic E-state index is 13.9. The smallest absolute Gasteiger partial charge is 0.254 e. The van der Waals surface area contributed by atoms with Gasteiger partial charge in [-0.1, -0.05) is 18.2 Å². The van der Waals surface area contributed by atoms with Crippen LogP contribution < -0.4 is 19.7 Å². The van der Waals surface area contributed by atoms with Crippen LogP contribution in [0, 0.1) is 5.82 Å². The van der Waals surface area contributed by atoms with Gasteiger partial charge in [-0.3, -0.25) is 14.5 Å². The number of methoxy groups -OCH3 is 2. The molecule has 3 aliphatic rings. The molecule has 0 unspecified atom stereocenters. The van der Waals surface area contributed by atoms with E-state index in [1.165, 1.54) is 12.1 Å². The van der Waals surface area contributed by atoms with E-state index in [0.29, 0.717) is 36.6 Å². The van der Waals surface area contributed by atoms with Crippen molar-refractivity contribution in [2.45, 2.75) is 24.8 Å². The predicted molar refractivity (Wildman–Crippen MR) is 159 cm³/mol. The van der Waals surface area contributed by atoms with Gasteiger partial charge in [-0.25, -0.2) is 4.39 Å². The van der Waals surface area contributed by atoms with Crippen molar-refractivity contribution >= 4 is 17.5 Å². The zero-order valence-electron chi connectivity index (χ0n) is 24.1. The molecule has 3 aromatic rings. The molecule has 0 aliphatic carbocycles. The standard InChI is InChI=1S/C33H37FN4O4/c1-41-28-20-22-12-15-38-31(27(22)21-29(28)42-2)30(25-6-3-4-7-26(25)33(38)40)32(39)35-13-5-14-36-16-18-37(19-17-36)24-10-8-23(34)9-11-24/h3-4,6-11,20-21,30-31H,5,12-19H2,1-2H3,(H,35,39)/t30-,31+/m0/s1. The Hall–Kier alpha value is -4.11. The van der Waals surface area contributed by atoms with Crippen LogP contribution in [0.25, 0.3) is 0 Å². The van der Waals surface area contributed by atoms with Crippen LogP contribution in [-0.4, -0.2) is 81.6 Å². The monoisotopic (exact) mass is 572 g/mol. The Bertz CT molecular complexity index is 1450. The van der Waals surface area contributed by atoms with Gasteiger partial charge in [0.15, 0.2) is 11.5 Å². The van der Waals surface area contributed by atoms with E-state index in [1.807, 2.05) is 53.4 Å². The lowest BCUT2D eigenvalue weighted by atomic mass is 9.75. The second-order valence-electron chi connectivity index (χ2n) is 11.1. The Morgan fingerprint density at radius 2 is 1.64 bits per heavy atom. The fraction of sp³-hybridized carbons (Fsp3) is 0.394. The van der Waals surface area contributed by atoms with Gasteiger partial charge in [-0.2, -0.15) is 0 Å². The molecule has 8 nitrogen and oxygen atoms in total. The third-order valence-electron chi connectivity index (χ3n) is 8.82. The fourth-order valence-electron chi connectivity index (χ4n) is 6.64. The molecule has 2 atom stereocenters. The molecule has 1 N–H and O–H groups in total. The second kappa shape index (κ2) is 12.0. The molecular formula is C33H37FN4O4. The molecule has 0 aromatic heterocycles. The molecule has 1 saturated heterocycles. The molecule has 42 heavy (non-hydrogen) atoms. The summed E-state index contributed by atoms with van der Waals surface area (Å²) in [5.74, 6) is 0.363. The van der Waals surface area contributed by atoms with Gasteiger partial charge in [-0.15, -0.1) is 0 Å². The quantitative estimate of drug-likeness (QED) is 0.412. The first-order valence-corrected chi connectivity index (χ1v) is 14.6. The number of hydrogen-bond donors (Lipinski definition) is 1. The Kier molecular flexibility index (Phi) is 8.02. The molecule has 2 amide bonds. The average Bonchev–Trinajstić information content (AvgIpc) is 3.03. The van der Waals surface area contributed by atoms with Crippen LogP contribution in [0.1, 0.15) is 45.4 Å². The van der Waals surface area contributed by atoms with Gasteiger partial charge in [0.1, 0.15) is 5.82 Å². The zero-order valence-corrected chi connectivity index (χ0v) is 24.1. The summed E-state index contributed by atoms with van der Waals surface area (Å²) in [6.07, 6.45) is 1.51. The summed E-state index contributed by atoms with van der Waals surface area (Å²) in [5.41, 5.74) is 4.40. The molecule has 0 saturated carbocycles. The summed E-state index contributed by atoms with van der Waals surface area (Å²) in [6.45, 7) is 5.58. The molecule has 1 fully saturated rings. The highest BCUT2D eigenvalue weighted by molar-refractivity contribution is 6.01. The van der Waals surface area contributed by atoms with Gasteiger partial charge in [0.25, 0.3) is 5.91 Å². The lowest BCUT2D eigenvalue weighted by Crippen LogP contribution is -2.50. The van der Waals surface area contributed by atoms with Crippen molar-refractivity contribution in [3.63, 3.8) is 0 Å². The Labute approximate surface area is 246 Å². The van der Waals surface area contributed by atoms with Gasteiger partial charge in [0.2, 0.25) is 5.91 Å². The van der Waals surface area contributed by atoms with Gasteiger partial charge < -0.3 is 24.6 Å². The number of amides is 2. The van der Waals surface area contributed by atoms with E-state index in [4.69, 9.17) is 9.47 Å². The number of fused-ring (bicyclic) bond motifs is 4. The van der Waals surface area contributed by atoms with E-state index < -0.39 is 12.0 Å². The molecule has 3 aromatic carbocycles. The molecule has 6 rings (SSSR count). The van der Waals surface area contributed by atoms with Gasteiger partial charge >= 0.3 is 0 Å². The average molecular weight is 573 g/mol. The van der Waals surface area contributed by atoms with Crippen LogP contribution in [0.15, 0.2) is 60.7 Å². The van der Waals surface area contributed by atoms with Crippen LogP contribution >= 0.6 is 0 Å². The number of nitrogens with one attached hydrogen (secondary N) is 1. The minimum Gasteiger partial charge on any atom is -0.493 e. The van der Waals surface area contributed by atoms with Crippen LogP contribution in [0.5, 0.6) is 11.5 Å². The van der Waals surface area contributed by atoms with Crippen molar-refractivity contribution in [3.8, 4) is 11.5 Å². The SMILES string of the molecule is COc1cc2c(cc1OC)[C@@H]1[C@@H](C(=O)NCCCN3CCN(c4ccc(F)cc4)CC3)c3ccccc3C(=O)N1CC2. The maximum atomic E-state index is 13.9. The van der Waals surface area contributed by atoms with Crippen LogP contribution in [-0.2, 0) is 11.2 Å². The van der Waals surface area contributed by atoms with E-state index in [1.54, 1.807) is 14.2 Å². The summed E-state index contributed by atoms with van der Waals surface area (Å²) >= 11 is 0. The van der Waals surface area contributed by atoms with E-state index in [2.05, 4.69) is 15.1 Å². The number of carbonyl (C=O) groups excluding carboxylic acids is 2. The summed E-state index contributed by atoms with van der Waals surface area (Å²) in [5, 5.41) is 3.20. The van der Waals surface area contributed by atoms with Crippen molar-refractivity contribution in [1.82, 2.24) is 15.1 Å². The normalized spacial score (nSPS) is 19.9. The fourth-order valence-corrected chi connectivity index (χ4v) is 6.64. The van der Waals surface area contributed by atoms with E-state index in [0.717, 1.165) is 61.5 Å². The van der Waals surface area contributed by atoms with Gasteiger partial charge in [-0.05, 0) is 78.5 Å². The molecular weight excluding hydrogens is 535 g/mol. The molecule has 220 valence electrons. The Balaban J connectivity index is 1.14. The summed E-state index contributed by atoms with van der Waals surface area (Å²) in [4.78, 5) is 34.0. The molecule has 0 spiro atoms. The lowest BCUT2D eigenvalue weighted by Gasteiger charge is -2.45. The lowest BCUT2D eigenvalue weighted by molar-refractivity contribution is -0.124. The van der Waals surface area contributed by atoms with Crippen molar-refractivity contribution in [3.05, 3.63) is 88.7 Å². The van der Waals surface area contributed by atoms with Gasteiger partial charge in [0, 0.05) is 50.5 Å². The van der Waals surface area contributed by atoms with Crippen molar-refractivity contribution in [2.75, 3.05) is 64.9 Å². The first-order valence-electron chi connectivity index (χ1n) is 14.6. The van der Waals surface area contributed by atoms with Crippen LogP contribution in [0.2, 0.25) is 0 Å². The second-order valence-corrected chi connectivity index (χ2v) is 11.1. The summed E-state index contributed by atoms with van der Waals surface area (Å²) < 4.78 is 24.4. The zero-order chi connectivity index (χ0) is 29.2. The minimum atomic E-state index is -0.532. The number of halogens is 1. The predicted octanol–water partition coefficient (Wildman–Crippen LogP) is 4.01. The van der Waals surface area contributed by atoms with Crippen molar-refractivity contribution in [2.24, 2.45) is 0 Å². The number of benzene rings is 3. The third-order valence-corrected chi connectivity index (χ3v) is 8.82. The maximum Gasteiger partial charge on any atom is 0.254 e. The van der Waals surface area contributed by atoms with Crippen molar-refractivity contribution in [1.29, 1.82) is 0 Å². The first-order chi connectivity index (χ1) is 20.5. The van der Waals surface area contributed by atoms with Crippen molar-refractivity contribution < 1.29 is 23.5 Å². The number of piperazine rings is 1. The third kappa shape index (κ3) is 5.29. The van der Waals surface area contributed by atoms with E-state index in [-0.39, 0.29) is 17.6 Å². The summed E-state index contributed by atoms with van der Waals surface area (Å²) in [7, 11) is 3.21. The number of hydrogen-bond acceptors (Lipinski definition) is 6. The van der Waals surface area contributed by atoms with E-state index in [9.17, 15) is 14.0 Å². The number of anilines is 1. The van der Waals surface area contributed by atoms with Crippen LogP contribution in [0.3, 0.4) is 0 Å². The number of ether oxygens (including phenoxy) is 2.